The van der Waals surface area contributed by atoms with Crippen molar-refractivity contribution in [2.24, 2.45) is 5.73 Å². The van der Waals surface area contributed by atoms with Crippen LogP contribution in [0.1, 0.15) is 23.2 Å². The fourth-order valence-corrected chi connectivity index (χ4v) is 2.36. The highest BCUT2D eigenvalue weighted by Gasteiger charge is 2.08. The second-order valence-corrected chi connectivity index (χ2v) is 4.45. The number of nitrogens with zero attached hydrogens (tertiary/aromatic N) is 2. The van der Waals surface area contributed by atoms with Gasteiger partial charge in [-0.2, -0.15) is 5.26 Å². The predicted octanol–water partition coefficient (Wildman–Crippen LogP) is 2.01. The van der Waals surface area contributed by atoms with Gasteiger partial charge in [-0.1, -0.05) is 0 Å². The molecular weight excluding hydrogens is 206 g/mol. The Morgan fingerprint density at radius 1 is 1.53 bits per heavy atom. The number of nitrogens with two attached hydrogens (primary N) is 1. The van der Waals surface area contributed by atoms with Crippen molar-refractivity contribution in [1.29, 1.82) is 5.26 Å². The largest absolute Gasteiger partial charge is 0.330 e. The molecule has 15 heavy (non-hydrogen) atoms. The van der Waals surface area contributed by atoms with E-state index in [1.807, 2.05) is 19.9 Å². The van der Waals surface area contributed by atoms with E-state index in [0.29, 0.717) is 12.1 Å². The van der Waals surface area contributed by atoms with Crippen molar-refractivity contribution < 1.29 is 0 Å². The van der Waals surface area contributed by atoms with E-state index >= 15 is 0 Å². The lowest BCUT2D eigenvalue weighted by Gasteiger charge is -2.06. The molecule has 0 aromatic carbocycles. The van der Waals surface area contributed by atoms with Crippen molar-refractivity contribution in [2.45, 2.75) is 25.3 Å². The van der Waals surface area contributed by atoms with E-state index < -0.39 is 0 Å². The summed E-state index contributed by atoms with van der Waals surface area (Å²) in [5.41, 5.74) is 8.08. The quantitative estimate of drug-likeness (QED) is 0.624. The molecule has 0 aliphatic carbocycles. The lowest BCUT2D eigenvalue weighted by atomic mass is 10.1. The Bertz CT molecular complexity index is 382. The molecule has 0 amide bonds. The zero-order valence-corrected chi connectivity index (χ0v) is 9.90. The van der Waals surface area contributed by atoms with Crippen LogP contribution in [-0.4, -0.2) is 17.3 Å². The molecule has 4 heteroatoms. The van der Waals surface area contributed by atoms with Crippen molar-refractivity contribution in [1.82, 2.24) is 4.98 Å². The zero-order valence-electron chi connectivity index (χ0n) is 9.08. The van der Waals surface area contributed by atoms with Gasteiger partial charge in [0.25, 0.3) is 0 Å². The Hall–Kier alpha value is -1.05. The molecule has 0 spiro atoms. The Balaban J connectivity index is 2.90. The maximum atomic E-state index is 9.02. The molecule has 0 saturated carbocycles. The summed E-state index contributed by atoms with van der Waals surface area (Å²) in [6.07, 6.45) is 0.949. The maximum Gasteiger partial charge on any atom is 0.114 e. The fraction of sp³-hybridized carbons (Fsp3) is 0.455. The van der Waals surface area contributed by atoms with E-state index in [1.165, 1.54) is 0 Å². The average molecular weight is 221 g/mol. The van der Waals surface area contributed by atoms with Crippen LogP contribution in [0.4, 0.5) is 0 Å². The molecule has 0 radical (unpaired) electrons. The van der Waals surface area contributed by atoms with Crippen LogP contribution in [0, 0.1) is 25.2 Å². The molecule has 1 rings (SSSR count). The van der Waals surface area contributed by atoms with Gasteiger partial charge >= 0.3 is 0 Å². The predicted molar refractivity (Wildman–Crippen MR) is 62.8 cm³/mol. The number of hydrogen-bond acceptors (Lipinski definition) is 4. The van der Waals surface area contributed by atoms with Crippen molar-refractivity contribution in [3.05, 3.63) is 22.9 Å². The number of pyridine rings is 1. The Labute approximate surface area is 94.7 Å². The second-order valence-electron chi connectivity index (χ2n) is 3.36. The van der Waals surface area contributed by atoms with Crippen molar-refractivity contribution >= 4 is 11.8 Å². The first-order chi connectivity index (χ1) is 7.19. The highest BCUT2D eigenvalue weighted by Crippen LogP contribution is 2.23. The molecule has 3 nitrogen and oxygen atoms in total. The van der Waals surface area contributed by atoms with Crippen LogP contribution in [0.2, 0.25) is 0 Å². The van der Waals surface area contributed by atoms with E-state index in [4.69, 9.17) is 11.0 Å². The number of rotatable bonds is 4. The number of hydrogen-bond donors (Lipinski definition) is 1. The van der Waals surface area contributed by atoms with Gasteiger partial charge in [-0.15, -0.1) is 11.8 Å². The zero-order chi connectivity index (χ0) is 11.3. The summed E-state index contributed by atoms with van der Waals surface area (Å²) in [6.45, 7) is 4.57. The Morgan fingerprint density at radius 2 is 2.27 bits per heavy atom. The van der Waals surface area contributed by atoms with Gasteiger partial charge in [-0.05, 0) is 38.4 Å². The minimum Gasteiger partial charge on any atom is -0.330 e. The molecule has 1 heterocycles. The van der Waals surface area contributed by atoms with Gasteiger partial charge in [0.2, 0.25) is 0 Å². The molecular formula is C11H15N3S. The van der Waals surface area contributed by atoms with Crippen LogP contribution >= 0.6 is 11.8 Å². The van der Waals surface area contributed by atoms with Crippen LogP contribution in [0.15, 0.2) is 11.1 Å². The molecule has 0 unspecified atom stereocenters. The molecule has 0 saturated heterocycles. The summed E-state index contributed by atoms with van der Waals surface area (Å²) in [6, 6.07) is 4.14. The summed E-state index contributed by atoms with van der Waals surface area (Å²) in [5, 5.41) is 9.86. The minimum absolute atomic E-state index is 0.680. The molecule has 80 valence electrons. The van der Waals surface area contributed by atoms with E-state index in [2.05, 4.69) is 11.1 Å². The number of aryl methyl sites for hydroxylation is 2. The lowest BCUT2D eigenvalue weighted by Crippen LogP contribution is -2.00. The van der Waals surface area contributed by atoms with Gasteiger partial charge < -0.3 is 5.73 Å². The molecule has 0 atom stereocenters. The highest BCUT2D eigenvalue weighted by molar-refractivity contribution is 7.99. The normalized spacial score (nSPS) is 10.0. The highest BCUT2D eigenvalue weighted by atomic mass is 32.2. The SMILES string of the molecule is Cc1cc(C)c(C#N)c(SCCCN)n1. The monoisotopic (exact) mass is 221 g/mol. The summed E-state index contributed by atoms with van der Waals surface area (Å²) >= 11 is 1.61. The first-order valence-electron chi connectivity index (χ1n) is 4.90. The summed E-state index contributed by atoms with van der Waals surface area (Å²) < 4.78 is 0. The van der Waals surface area contributed by atoms with Crippen LogP contribution in [0.25, 0.3) is 0 Å². The minimum atomic E-state index is 0.680. The van der Waals surface area contributed by atoms with Crippen molar-refractivity contribution in [3.8, 4) is 6.07 Å². The number of aromatic nitrogens is 1. The van der Waals surface area contributed by atoms with Gasteiger partial charge in [0.15, 0.2) is 0 Å². The molecule has 1 aromatic heterocycles. The summed E-state index contributed by atoms with van der Waals surface area (Å²) in [7, 11) is 0. The van der Waals surface area contributed by atoms with E-state index in [1.54, 1.807) is 11.8 Å². The third kappa shape index (κ3) is 3.22. The second kappa shape index (κ2) is 5.74. The number of nitriles is 1. The first kappa shape index (κ1) is 12.0. The smallest absolute Gasteiger partial charge is 0.114 e. The Kier molecular flexibility index (Phi) is 4.60. The van der Waals surface area contributed by atoms with Crippen LogP contribution in [-0.2, 0) is 0 Å². The first-order valence-corrected chi connectivity index (χ1v) is 5.88. The fourth-order valence-electron chi connectivity index (χ4n) is 1.30. The maximum absolute atomic E-state index is 9.02. The molecule has 2 N–H and O–H groups in total. The Morgan fingerprint density at radius 3 is 2.87 bits per heavy atom. The van der Waals surface area contributed by atoms with Crippen molar-refractivity contribution in [2.75, 3.05) is 12.3 Å². The summed E-state index contributed by atoms with van der Waals surface area (Å²) in [4.78, 5) is 4.38. The molecule has 1 aromatic rings. The van der Waals surface area contributed by atoms with E-state index in [0.717, 1.165) is 28.5 Å². The van der Waals surface area contributed by atoms with Crippen LogP contribution < -0.4 is 5.73 Å². The van der Waals surface area contributed by atoms with Gasteiger partial charge in [0.05, 0.1) is 5.56 Å². The topological polar surface area (TPSA) is 62.7 Å². The third-order valence-electron chi connectivity index (χ3n) is 2.01. The molecule has 0 bridgehead atoms. The third-order valence-corrected chi connectivity index (χ3v) is 3.07. The van der Waals surface area contributed by atoms with Gasteiger partial charge in [-0.25, -0.2) is 4.98 Å². The molecule has 0 aliphatic heterocycles. The molecule has 0 fully saturated rings. The lowest BCUT2D eigenvalue weighted by molar-refractivity contribution is 0.938. The van der Waals surface area contributed by atoms with Crippen molar-refractivity contribution in [3.63, 3.8) is 0 Å². The average Bonchev–Trinajstić information content (AvgIpc) is 2.17. The number of thioether (sulfide) groups is 1. The molecule has 0 aliphatic rings. The van der Waals surface area contributed by atoms with Gasteiger partial charge in [0, 0.05) is 11.4 Å². The van der Waals surface area contributed by atoms with Crippen LogP contribution in [0.3, 0.4) is 0 Å². The van der Waals surface area contributed by atoms with Gasteiger partial charge in [0.1, 0.15) is 11.1 Å². The standard InChI is InChI=1S/C11H15N3S/c1-8-6-9(2)14-11(10(8)7-13)15-5-3-4-12/h6H,3-5,12H2,1-2H3. The van der Waals surface area contributed by atoms with E-state index in [9.17, 15) is 0 Å². The van der Waals surface area contributed by atoms with Crippen LogP contribution in [0.5, 0.6) is 0 Å². The summed E-state index contributed by atoms with van der Waals surface area (Å²) in [5.74, 6) is 0.918. The van der Waals surface area contributed by atoms with Gasteiger partial charge in [-0.3, -0.25) is 0 Å². The van der Waals surface area contributed by atoms with E-state index in [-0.39, 0.29) is 0 Å².